The van der Waals surface area contributed by atoms with Crippen molar-refractivity contribution in [3.05, 3.63) is 59.7 Å². The van der Waals surface area contributed by atoms with E-state index in [1.54, 1.807) is 0 Å². The third-order valence-electron chi connectivity index (χ3n) is 6.72. The summed E-state index contributed by atoms with van der Waals surface area (Å²) < 4.78 is 5.60. The molecule has 180 valence electrons. The summed E-state index contributed by atoms with van der Waals surface area (Å²) in [6.07, 6.45) is 0.754. The number of nitrogens with one attached hydrogen (secondary N) is 1. The minimum Gasteiger partial charge on any atom is -0.479 e. The summed E-state index contributed by atoms with van der Waals surface area (Å²) in [6, 6.07) is 15.7. The van der Waals surface area contributed by atoms with Crippen molar-refractivity contribution >= 4 is 18.0 Å². The second-order valence-corrected chi connectivity index (χ2v) is 9.06. The second-order valence-electron chi connectivity index (χ2n) is 9.06. The molecule has 0 bridgehead atoms. The maximum absolute atomic E-state index is 12.7. The number of ether oxygens (including phenoxy) is 1. The highest BCUT2D eigenvalue weighted by Crippen LogP contribution is 2.44. The van der Waals surface area contributed by atoms with Gasteiger partial charge in [-0.05, 0) is 28.7 Å². The van der Waals surface area contributed by atoms with Gasteiger partial charge in [-0.1, -0.05) is 61.9 Å². The zero-order valence-electron chi connectivity index (χ0n) is 19.2. The number of alkyl carbamates (subject to hydrolysis) is 1. The van der Waals surface area contributed by atoms with Crippen molar-refractivity contribution in [3.63, 3.8) is 0 Å². The molecule has 8 heteroatoms. The molecule has 2 aliphatic rings. The normalized spacial score (nSPS) is 19.9. The number of rotatable bonds is 8. The highest BCUT2D eigenvalue weighted by molar-refractivity contribution is 5.83. The van der Waals surface area contributed by atoms with Gasteiger partial charge in [0.25, 0.3) is 0 Å². The molecule has 34 heavy (non-hydrogen) atoms. The van der Waals surface area contributed by atoms with Crippen LogP contribution in [0.25, 0.3) is 11.1 Å². The summed E-state index contributed by atoms with van der Waals surface area (Å²) in [6.45, 7) is 2.07. The summed E-state index contributed by atoms with van der Waals surface area (Å²) in [4.78, 5) is 37.9. The molecule has 1 unspecified atom stereocenters. The molecule has 0 saturated carbocycles. The average Bonchev–Trinajstić information content (AvgIpc) is 3.37. The number of carboxylic acid groups (broad SMARTS) is 1. The summed E-state index contributed by atoms with van der Waals surface area (Å²) in [5.74, 6) is -1.68. The van der Waals surface area contributed by atoms with E-state index >= 15 is 0 Å². The molecule has 1 aliphatic heterocycles. The van der Waals surface area contributed by atoms with Gasteiger partial charge in [0.1, 0.15) is 6.61 Å². The average molecular weight is 467 g/mol. The predicted molar refractivity (Wildman–Crippen MR) is 125 cm³/mol. The fourth-order valence-electron chi connectivity index (χ4n) is 4.90. The number of carbonyl (C=O) groups is 3. The molecule has 8 nitrogen and oxygen atoms in total. The van der Waals surface area contributed by atoms with Gasteiger partial charge >= 0.3 is 12.1 Å². The Bertz CT molecular complexity index is 1040. The Morgan fingerprint density at radius 1 is 1.12 bits per heavy atom. The van der Waals surface area contributed by atoms with Gasteiger partial charge in [-0.15, -0.1) is 0 Å². The standard InChI is InChI=1S/C26H30N2O6/c1-2-7-17(14-23(29)28-13-12-26(33,16-28)24(30)31)27-25(32)34-15-22-20-10-5-3-8-18(20)19-9-4-6-11-21(19)22/h3-6,8-11,17,22,33H,2,7,12-16H2,1H3,(H,27,32)(H,30,31)/t17-,26?/m0/s1. The number of β-amino-alcohol motifs (C(OH)–C–C–N with tert-alkyl or cyclic N) is 1. The van der Waals surface area contributed by atoms with Gasteiger partial charge in [-0.3, -0.25) is 4.79 Å². The Kier molecular flexibility index (Phi) is 6.88. The van der Waals surface area contributed by atoms with Crippen molar-refractivity contribution in [1.82, 2.24) is 10.2 Å². The van der Waals surface area contributed by atoms with Gasteiger partial charge in [-0.2, -0.15) is 0 Å². The van der Waals surface area contributed by atoms with Crippen LogP contribution in [-0.4, -0.2) is 64.4 Å². The molecule has 4 rings (SSSR count). The number of carboxylic acids is 1. The fourth-order valence-corrected chi connectivity index (χ4v) is 4.90. The SMILES string of the molecule is CCC[C@@H](CC(=O)N1CCC(O)(C(=O)O)C1)NC(=O)OCC1c2ccccc2-c2ccccc21. The predicted octanol–water partition coefficient (Wildman–Crippen LogP) is 3.13. The van der Waals surface area contributed by atoms with Gasteiger partial charge in [0.05, 0.1) is 6.54 Å². The van der Waals surface area contributed by atoms with Gasteiger partial charge in [-0.25, -0.2) is 9.59 Å². The van der Waals surface area contributed by atoms with Crippen LogP contribution in [0.2, 0.25) is 0 Å². The minimum absolute atomic E-state index is 0.00761. The van der Waals surface area contributed by atoms with E-state index in [1.165, 1.54) is 4.90 Å². The van der Waals surface area contributed by atoms with Crippen molar-refractivity contribution in [2.75, 3.05) is 19.7 Å². The lowest BCUT2D eigenvalue weighted by Gasteiger charge is -2.23. The van der Waals surface area contributed by atoms with Crippen LogP contribution in [0.15, 0.2) is 48.5 Å². The third-order valence-corrected chi connectivity index (χ3v) is 6.72. The number of nitrogens with zero attached hydrogens (tertiary/aromatic N) is 1. The molecule has 0 aromatic heterocycles. The van der Waals surface area contributed by atoms with Crippen molar-refractivity contribution in [2.45, 2.75) is 50.2 Å². The van der Waals surface area contributed by atoms with E-state index in [2.05, 4.69) is 17.4 Å². The number of fused-ring (bicyclic) bond motifs is 3. The first-order chi connectivity index (χ1) is 16.3. The van der Waals surface area contributed by atoms with E-state index in [0.717, 1.165) is 28.7 Å². The largest absolute Gasteiger partial charge is 0.479 e. The molecule has 1 saturated heterocycles. The van der Waals surface area contributed by atoms with Gasteiger partial charge in [0.2, 0.25) is 5.91 Å². The van der Waals surface area contributed by atoms with Crippen molar-refractivity contribution in [2.24, 2.45) is 0 Å². The van der Waals surface area contributed by atoms with Crippen LogP contribution in [0.4, 0.5) is 4.79 Å². The van der Waals surface area contributed by atoms with Crippen molar-refractivity contribution in [1.29, 1.82) is 0 Å². The Morgan fingerprint density at radius 3 is 2.29 bits per heavy atom. The fraction of sp³-hybridized carbons (Fsp3) is 0.423. The Hall–Kier alpha value is -3.39. The second kappa shape index (κ2) is 9.85. The van der Waals surface area contributed by atoms with Crippen LogP contribution in [0.3, 0.4) is 0 Å². The van der Waals surface area contributed by atoms with Crippen LogP contribution >= 0.6 is 0 Å². The highest BCUT2D eigenvalue weighted by atomic mass is 16.5. The lowest BCUT2D eigenvalue weighted by Crippen LogP contribution is -2.44. The molecule has 0 radical (unpaired) electrons. The summed E-state index contributed by atoms with van der Waals surface area (Å²) in [7, 11) is 0. The monoisotopic (exact) mass is 466 g/mol. The summed E-state index contributed by atoms with van der Waals surface area (Å²) in [5.41, 5.74) is 2.63. The maximum atomic E-state index is 12.7. The van der Waals surface area contributed by atoms with E-state index in [9.17, 15) is 19.5 Å². The smallest absolute Gasteiger partial charge is 0.407 e. The molecular formula is C26H30N2O6. The van der Waals surface area contributed by atoms with Gasteiger partial charge in [0.15, 0.2) is 5.60 Å². The van der Waals surface area contributed by atoms with Crippen LogP contribution in [-0.2, 0) is 14.3 Å². The Morgan fingerprint density at radius 2 is 1.74 bits per heavy atom. The summed E-state index contributed by atoms with van der Waals surface area (Å²) >= 11 is 0. The number of amides is 2. The first kappa shape index (κ1) is 23.8. The lowest BCUT2D eigenvalue weighted by molar-refractivity contribution is -0.157. The molecule has 2 amide bonds. The molecule has 3 N–H and O–H groups in total. The zero-order chi connectivity index (χ0) is 24.3. The van der Waals surface area contributed by atoms with Crippen LogP contribution < -0.4 is 5.32 Å². The van der Waals surface area contributed by atoms with Crippen LogP contribution in [0.5, 0.6) is 0 Å². The topological polar surface area (TPSA) is 116 Å². The minimum atomic E-state index is -1.91. The molecule has 1 heterocycles. The molecule has 2 atom stereocenters. The van der Waals surface area contributed by atoms with Crippen molar-refractivity contribution in [3.8, 4) is 11.1 Å². The number of benzene rings is 2. The van der Waals surface area contributed by atoms with E-state index in [0.29, 0.717) is 6.42 Å². The van der Waals surface area contributed by atoms with E-state index in [1.807, 2.05) is 43.3 Å². The zero-order valence-corrected chi connectivity index (χ0v) is 19.2. The first-order valence-electron chi connectivity index (χ1n) is 11.7. The molecule has 2 aromatic rings. The Balaban J connectivity index is 1.35. The van der Waals surface area contributed by atoms with Crippen LogP contribution in [0, 0.1) is 0 Å². The lowest BCUT2D eigenvalue weighted by atomic mass is 9.98. The number of hydrogen-bond donors (Lipinski definition) is 3. The summed E-state index contributed by atoms with van der Waals surface area (Å²) in [5, 5.41) is 22.1. The molecule has 1 aliphatic carbocycles. The maximum Gasteiger partial charge on any atom is 0.407 e. The highest BCUT2D eigenvalue weighted by Gasteiger charge is 2.44. The molecule has 1 fully saturated rings. The number of aliphatic carboxylic acids is 1. The Labute approximate surface area is 198 Å². The molecular weight excluding hydrogens is 436 g/mol. The number of aliphatic hydroxyl groups is 1. The number of carbonyl (C=O) groups excluding carboxylic acids is 2. The van der Waals surface area contributed by atoms with Gasteiger partial charge in [0, 0.05) is 31.3 Å². The molecule has 0 spiro atoms. The quantitative estimate of drug-likeness (QED) is 0.550. The number of hydrogen-bond acceptors (Lipinski definition) is 5. The van der Waals surface area contributed by atoms with Gasteiger partial charge < -0.3 is 25.2 Å². The van der Waals surface area contributed by atoms with E-state index in [4.69, 9.17) is 9.84 Å². The van der Waals surface area contributed by atoms with E-state index in [-0.39, 0.29) is 44.4 Å². The number of likely N-dealkylation sites (tertiary alicyclic amines) is 1. The third kappa shape index (κ3) is 4.77. The first-order valence-corrected chi connectivity index (χ1v) is 11.7. The molecule has 2 aromatic carbocycles. The van der Waals surface area contributed by atoms with Crippen molar-refractivity contribution < 1.29 is 29.3 Å². The van der Waals surface area contributed by atoms with Crippen LogP contribution in [0.1, 0.15) is 49.7 Å². The van der Waals surface area contributed by atoms with E-state index < -0.39 is 23.7 Å².